The summed E-state index contributed by atoms with van der Waals surface area (Å²) < 4.78 is 0. The molecule has 1 fully saturated rings. The largest absolute Gasteiger partial charge is 0.118 e. The molecule has 0 amide bonds. The van der Waals surface area contributed by atoms with E-state index in [4.69, 9.17) is 0 Å². The Morgan fingerprint density at radius 3 is 2.25 bits per heavy atom. The van der Waals surface area contributed by atoms with Gasteiger partial charge in [0.2, 0.25) is 0 Å². The number of thioether (sulfide) groups is 1. The van der Waals surface area contributed by atoms with Gasteiger partial charge >= 0.3 is 0 Å². The smallest absolute Gasteiger partial charge is 0.0378 e. The van der Waals surface area contributed by atoms with Crippen LogP contribution in [0.15, 0.2) is 77.7 Å². The maximum absolute atomic E-state index is 2.40. The first-order valence-electron chi connectivity index (χ1n) is 7.35. The molecule has 0 aromatic heterocycles. The zero-order chi connectivity index (χ0) is 13.6. The quantitative estimate of drug-likeness (QED) is 0.470. The van der Waals surface area contributed by atoms with Crippen molar-refractivity contribution in [2.75, 3.05) is 0 Å². The number of rotatable bonds is 6. The minimum Gasteiger partial charge on any atom is -0.118 e. The molecule has 1 heteroatoms. The molecule has 1 saturated carbocycles. The van der Waals surface area contributed by atoms with Gasteiger partial charge in [0.05, 0.1) is 0 Å². The SMILES string of the molecule is C(=C\C1CC1)/CC(Sc1ccccc1)c1ccccc1. The van der Waals surface area contributed by atoms with E-state index in [0.29, 0.717) is 5.25 Å². The van der Waals surface area contributed by atoms with E-state index in [-0.39, 0.29) is 0 Å². The molecule has 0 saturated heterocycles. The number of hydrogen-bond donors (Lipinski definition) is 0. The summed E-state index contributed by atoms with van der Waals surface area (Å²) in [7, 11) is 0. The standard InChI is InChI=1S/C19H20S/c1-3-9-17(10-4-1)19(13-7-8-16-14-15-16)20-18-11-5-2-6-12-18/h1-12,16,19H,13-15H2/b8-7+. The van der Waals surface area contributed by atoms with Crippen molar-refractivity contribution >= 4 is 11.8 Å². The Morgan fingerprint density at radius 1 is 0.950 bits per heavy atom. The third kappa shape index (κ3) is 4.01. The van der Waals surface area contributed by atoms with Crippen molar-refractivity contribution in [3.8, 4) is 0 Å². The molecule has 1 aliphatic rings. The summed E-state index contributed by atoms with van der Waals surface area (Å²) in [4.78, 5) is 1.35. The minimum atomic E-state index is 0.508. The first-order valence-corrected chi connectivity index (χ1v) is 8.23. The van der Waals surface area contributed by atoms with Gasteiger partial charge in [-0.3, -0.25) is 0 Å². The molecule has 3 rings (SSSR count). The van der Waals surface area contributed by atoms with Crippen molar-refractivity contribution in [2.24, 2.45) is 5.92 Å². The van der Waals surface area contributed by atoms with Gasteiger partial charge in [0, 0.05) is 10.1 Å². The van der Waals surface area contributed by atoms with Gasteiger partial charge in [0.25, 0.3) is 0 Å². The molecular weight excluding hydrogens is 260 g/mol. The fraction of sp³-hybridized carbons (Fsp3) is 0.263. The molecule has 0 bridgehead atoms. The predicted molar refractivity (Wildman–Crippen MR) is 88.0 cm³/mol. The molecule has 1 atom stereocenters. The van der Waals surface area contributed by atoms with Crippen LogP contribution in [0.25, 0.3) is 0 Å². The summed E-state index contributed by atoms with van der Waals surface area (Å²) in [5.74, 6) is 0.869. The predicted octanol–water partition coefficient (Wildman–Crippen LogP) is 5.88. The van der Waals surface area contributed by atoms with Crippen molar-refractivity contribution in [1.82, 2.24) is 0 Å². The van der Waals surface area contributed by atoms with Gasteiger partial charge in [-0.2, -0.15) is 0 Å². The summed E-state index contributed by atoms with van der Waals surface area (Å²) in [6, 6.07) is 21.6. The first-order chi connectivity index (χ1) is 9.92. The van der Waals surface area contributed by atoms with E-state index in [1.165, 1.54) is 23.3 Å². The highest BCUT2D eigenvalue weighted by Gasteiger charge is 2.17. The van der Waals surface area contributed by atoms with Crippen molar-refractivity contribution in [2.45, 2.75) is 29.4 Å². The monoisotopic (exact) mass is 280 g/mol. The van der Waals surface area contributed by atoms with Gasteiger partial charge in [0.1, 0.15) is 0 Å². The van der Waals surface area contributed by atoms with Crippen LogP contribution in [-0.2, 0) is 0 Å². The molecule has 0 heterocycles. The molecule has 2 aromatic rings. The molecule has 0 nitrogen and oxygen atoms in total. The van der Waals surface area contributed by atoms with Gasteiger partial charge in [-0.15, -0.1) is 11.8 Å². The highest BCUT2D eigenvalue weighted by molar-refractivity contribution is 7.99. The van der Waals surface area contributed by atoms with Gasteiger partial charge in [-0.25, -0.2) is 0 Å². The van der Waals surface area contributed by atoms with Crippen molar-refractivity contribution in [1.29, 1.82) is 0 Å². The zero-order valence-corrected chi connectivity index (χ0v) is 12.4. The van der Waals surface area contributed by atoms with Crippen molar-refractivity contribution < 1.29 is 0 Å². The van der Waals surface area contributed by atoms with Crippen LogP contribution in [0.1, 0.15) is 30.1 Å². The van der Waals surface area contributed by atoms with Crippen molar-refractivity contribution in [3.05, 3.63) is 78.4 Å². The summed E-state index contributed by atoms with van der Waals surface area (Å²) in [6.45, 7) is 0. The molecule has 1 unspecified atom stereocenters. The summed E-state index contributed by atoms with van der Waals surface area (Å²) in [5.41, 5.74) is 1.42. The van der Waals surface area contributed by atoms with Crippen LogP contribution in [0.5, 0.6) is 0 Å². The highest BCUT2D eigenvalue weighted by Crippen LogP contribution is 2.38. The van der Waals surface area contributed by atoms with E-state index in [2.05, 4.69) is 72.8 Å². The van der Waals surface area contributed by atoms with Crippen LogP contribution >= 0.6 is 11.8 Å². The lowest BCUT2D eigenvalue weighted by molar-refractivity contribution is 0.954. The number of hydrogen-bond acceptors (Lipinski definition) is 1. The Balaban J connectivity index is 1.72. The molecule has 2 aromatic carbocycles. The maximum Gasteiger partial charge on any atom is 0.0378 e. The summed E-state index contributed by atoms with van der Waals surface area (Å²) >= 11 is 1.96. The van der Waals surface area contributed by atoms with Gasteiger partial charge in [-0.1, -0.05) is 60.7 Å². The Labute approximate surface area is 125 Å². The maximum atomic E-state index is 2.40. The molecule has 0 radical (unpaired) electrons. The molecule has 1 aliphatic carbocycles. The molecule has 20 heavy (non-hydrogen) atoms. The van der Waals surface area contributed by atoms with Crippen LogP contribution in [0.4, 0.5) is 0 Å². The Morgan fingerprint density at radius 2 is 1.60 bits per heavy atom. The third-order valence-corrected chi connectivity index (χ3v) is 4.87. The van der Waals surface area contributed by atoms with E-state index in [1.54, 1.807) is 0 Å². The fourth-order valence-corrected chi connectivity index (χ4v) is 3.41. The molecule has 0 spiro atoms. The van der Waals surface area contributed by atoms with Crippen LogP contribution in [0.2, 0.25) is 0 Å². The lowest BCUT2D eigenvalue weighted by Crippen LogP contribution is -1.92. The van der Waals surface area contributed by atoms with E-state index in [1.807, 2.05) is 11.8 Å². The van der Waals surface area contributed by atoms with E-state index >= 15 is 0 Å². The lowest BCUT2D eigenvalue weighted by Gasteiger charge is -2.15. The molecule has 0 N–H and O–H groups in total. The summed E-state index contributed by atoms with van der Waals surface area (Å²) in [6.07, 6.45) is 8.67. The molecule has 0 aliphatic heterocycles. The number of allylic oxidation sites excluding steroid dienone is 2. The van der Waals surface area contributed by atoms with Crippen LogP contribution in [-0.4, -0.2) is 0 Å². The minimum absolute atomic E-state index is 0.508. The van der Waals surface area contributed by atoms with E-state index in [9.17, 15) is 0 Å². The summed E-state index contributed by atoms with van der Waals surface area (Å²) in [5, 5.41) is 0.508. The highest BCUT2D eigenvalue weighted by atomic mass is 32.2. The van der Waals surface area contributed by atoms with E-state index < -0.39 is 0 Å². The Bertz CT molecular complexity index is 540. The topological polar surface area (TPSA) is 0 Å². The second-order valence-electron chi connectivity index (χ2n) is 5.33. The normalized spacial score (nSPS) is 16.4. The van der Waals surface area contributed by atoms with Gasteiger partial charge in [-0.05, 0) is 42.9 Å². The van der Waals surface area contributed by atoms with Crippen LogP contribution in [0, 0.1) is 5.92 Å². The third-order valence-electron chi connectivity index (χ3n) is 3.57. The molecule has 102 valence electrons. The second kappa shape index (κ2) is 6.81. The average molecular weight is 280 g/mol. The second-order valence-corrected chi connectivity index (χ2v) is 6.61. The van der Waals surface area contributed by atoms with Gasteiger partial charge < -0.3 is 0 Å². The first kappa shape index (κ1) is 13.5. The fourth-order valence-electron chi connectivity index (χ4n) is 2.27. The van der Waals surface area contributed by atoms with Crippen molar-refractivity contribution in [3.63, 3.8) is 0 Å². The Hall–Kier alpha value is -1.47. The number of benzene rings is 2. The zero-order valence-electron chi connectivity index (χ0n) is 11.6. The molecular formula is C19H20S. The average Bonchev–Trinajstić information content (AvgIpc) is 3.32. The van der Waals surface area contributed by atoms with Crippen LogP contribution < -0.4 is 0 Å². The van der Waals surface area contributed by atoms with Crippen LogP contribution in [0.3, 0.4) is 0 Å². The van der Waals surface area contributed by atoms with E-state index in [0.717, 1.165) is 12.3 Å². The van der Waals surface area contributed by atoms with Gasteiger partial charge in [0.15, 0.2) is 0 Å². The Kier molecular flexibility index (Phi) is 4.60. The lowest BCUT2D eigenvalue weighted by atomic mass is 10.1.